The summed E-state index contributed by atoms with van der Waals surface area (Å²) in [7, 11) is 0. The number of nitrogens with one attached hydrogen (secondary N) is 1. The minimum atomic E-state index is -1.08. The van der Waals surface area contributed by atoms with E-state index in [0.717, 1.165) is 10.6 Å². The molecule has 0 fully saturated rings. The van der Waals surface area contributed by atoms with Crippen LogP contribution >= 0.6 is 11.3 Å². The van der Waals surface area contributed by atoms with Gasteiger partial charge in [0.25, 0.3) is 0 Å². The second-order valence-electron chi connectivity index (χ2n) is 4.84. The minimum Gasteiger partial charge on any atom is -0.480 e. The summed E-state index contributed by atoms with van der Waals surface area (Å²) in [6, 6.07) is 5.25. The Hall–Kier alpha value is -2.28. The van der Waals surface area contributed by atoms with E-state index in [4.69, 9.17) is 5.11 Å². The number of hydrogen-bond donors (Lipinski definition) is 2. The second-order valence-corrected chi connectivity index (χ2v) is 5.78. The van der Waals surface area contributed by atoms with Crippen molar-refractivity contribution in [3.8, 4) is 0 Å². The van der Waals surface area contributed by atoms with E-state index >= 15 is 0 Å². The molecule has 1 heterocycles. The van der Waals surface area contributed by atoms with E-state index in [1.807, 2.05) is 0 Å². The minimum absolute atomic E-state index is 0.0392. The Balaban J connectivity index is 1.92. The van der Waals surface area contributed by atoms with Gasteiger partial charge in [0.1, 0.15) is 11.9 Å². The maximum atomic E-state index is 12.8. The number of carbonyl (C=O) groups is 2. The van der Waals surface area contributed by atoms with Crippen molar-refractivity contribution in [1.82, 2.24) is 10.3 Å². The van der Waals surface area contributed by atoms with Gasteiger partial charge in [-0.1, -0.05) is 12.1 Å². The quantitative estimate of drug-likeness (QED) is 0.852. The average molecular weight is 322 g/mol. The van der Waals surface area contributed by atoms with E-state index in [1.165, 1.54) is 30.4 Å². The molecule has 0 aliphatic rings. The first-order valence-corrected chi connectivity index (χ1v) is 7.52. The zero-order chi connectivity index (χ0) is 16.1. The molecule has 0 bridgehead atoms. The van der Waals surface area contributed by atoms with E-state index in [2.05, 4.69) is 10.3 Å². The number of nitrogens with zero attached hydrogens (tertiary/aromatic N) is 1. The van der Waals surface area contributed by atoms with Gasteiger partial charge in [0, 0.05) is 11.8 Å². The lowest BCUT2D eigenvalue weighted by atomic mass is 10.1. The normalized spacial score (nSPS) is 11.9. The first-order valence-electron chi connectivity index (χ1n) is 6.64. The highest BCUT2D eigenvalue weighted by molar-refractivity contribution is 7.09. The molecule has 2 aromatic rings. The molecule has 5 nitrogen and oxygen atoms in total. The van der Waals surface area contributed by atoms with Crippen LogP contribution in [0.4, 0.5) is 4.39 Å². The van der Waals surface area contributed by atoms with Gasteiger partial charge in [-0.25, -0.2) is 9.37 Å². The highest BCUT2D eigenvalue weighted by Gasteiger charge is 2.15. The molecule has 1 unspecified atom stereocenters. The van der Waals surface area contributed by atoms with Gasteiger partial charge in [-0.05, 0) is 24.6 Å². The molecule has 7 heteroatoms. The van der Waals surface area contributed by atoms with Crippen molar-refractivity contribution in [1.29, 1.82) is 0 Å². The van der Waals surface area contributed by atoms with Gasteiger partial charge in [-0.15, -0.1) is 11.3 Å². The highest BCUT2D eigenvalue weighted by Crippen LogP contribution is 2.15. The molecule has 1 aromatic heterocycles. The largest absolute Gasteiger partial charge is 0.480 e. The number of carboxylic acid groups (broad SMARTS) is 1. The van der Waals surface area contributed by atoms with Crippen LogP contribution in [0.2, 0.25) is 0 Å². The third kappa shape index (κ3) is 4.63. The van der Waals surface area contributed by atoms with Crippen LogP contribution in [-0.4, -0.2) is 28.0 Å². The molecule has 0 aliphatic carbocycles. The summed E-state index contributed by atoms with van der Waals surface area (Å²) in [5.74, 6) is -1.75. The summed E-state index contributed by atoms with van der Waals surface area (Å²) in [5.41, 5.74) is 1.53. The molecule has 0 aliphatic heterocycles. The fourth-order valence-electron chi connectivity index (χ4n) is 1.81. The number of aromatic nitrogens is 1. The third-order valence-electron chi connectivity index (χ3n) is 2.96. The Bertz CT molecular complexity index is 670. The molecule has 0 radical (unpaired) electrons. The molecule has 2 rings (SSSR count). The zero-order valence-corrected chi connectivity index (χ0v) is 12.7. The van der Waals surface area contributed by atoms with Crippen molar-refractivity contribution >= 4 is 23.2 Å². The fourth-order valence-corrected chi connectivity index (χ4v) is 2.64. The van der Waals surface area contributed by atoms with Gasteiger partial charge in [0.05, 0.1) is 17.1 Å². The number of aliphatic carboxylic acids is 1. The fraction of sp³-hybridized carbons (Fsp3) is 0.267. The van der Waals surface area contributed by atoms with Crippen molar-refractivity contribution in [3.05, 3.63) is 51.7 Å². The molecular weight excluding hydrogens is 307 g/mol. The van der Waals surface area contributed by atoms with Gasteiger partial charge in [-0.3, -0.25) is 9.59 Å². The Kier molecular flexibility index (Phi) is 5.21. The number of hydrogen-bond acceptors (Lipinski definition) is 4. The van der Waals surface area contributed by atoms with Crippen LogP contribution in [0.1, 0.15) is 23.2 Å². The predicted octanol–water partition coefficient (Wildman–Crippen LogP) is 2.00. The molecule has 0 spiro atoms. The number of halogens is 1. The van der Waals surface area contributed by atoms with Crippen LogP contribution in [0.15, 0.2) is 29.6 Å². The van der Waals surface area contributed by atoms with E-state index in [9.17, 15) is 14.0 Å². The van der Waals surface area contributed by atoms with E-state index < -0.39 is 12.0 Å². The first-order chi connectivity index (χ1) is 10.4. The third-order valence-corrected chi connectivity index (χ3v) is 3.86. The highest BCUT2D eigenvalue weighted by atomic mass is 32.1. The molecule has 22 heavy (non-hydrogen) atoms. The lowest BCUT2D eigenvalue weighted by Gasteiger charge is -2.07. The van der Waals surface area contributed by atoms with Gasteiger partial charge >= 0.3 is 5.97 Å². The van der Waals surface area contributed by atoms with Crippen molar-refractivity contribution in [2.45, 2.75) is 25.8 Å². The summed E-state index contributed by atoms with van der Waals surface area (Å²) >= 11 is 1.41. The molecule has 0 saturated heterocycles. The Morgan fingerprint density at radius 2 is 2.05 bits per heavy atom. The Morgan fingerprint density at radius 3 is 2.68 bits per heavy atom. The van der Waals surface area contributed by atoms with Crippen LogP contribution < -0.4 is 5.32 Å². The topological polar surface area (TPSA) is 79.3 Å². The van der Waals surface area contributed by atoms with Gasteiger partial charge < -0.3 is 10.4 Å². The molecular formula is C15H15FN2O3S. The number of thiazole rings is 1. The maximum Gasteiger partial charge on any atom is 0.325 e. The number of rotatable bonds is 6. The first kappa shape index (κ1) is 16.1. The molecule has 0 saturated carbocycles. The molecule has 1 atom stereocenters. The molecule has 116 valence electrons. The van der Waals surface area contributed by atoms with Crippen LogP contribution in [0, 0.1) is 5.82 Å². The summed E-state index contributed by atoms with van der Waals surface area (Å²) < 4.78 is 12.8. The van der Waals surface area contributed by atoms with E-state index in [-0.39, 0.29) is 18.1 Å². The van der Waals surface area contributed by atoms with Crippen molar-refractivity contribution in [2.24, 2.45) is 0 Å². The lowest BCUT2D eigenvalue weighted by Crippen LogP contribution is -2.39. The SMILES string of the molecule is CC(NC(=O)Cc1csc(Cc2ccc(F)cc2)n1)C(=O)O. The summed E-state index contributed by atoms with van der Waals surface area (Å²) in [4.78, 5) is 26.7. The summed E-state index contributed by atoms with van der Waals surface area (Å²) in [6.45, 7) is 1.40. The predicted molar refractivity (Wildman–Crippen MR) is 80.3 cm³/mol. The number of amides is 1. The number of benzene rings is 1. The van der Waals surface area contributed by atoms with Gasteiger partial charge in [-0.2, -0.15) is 0 Å². The molecule has 1 amide bonds. The van der Waals surface area contributed by atoms with Gasteiger partial charge in [0.15, 0.2) is 0 Å². The smallest absolute Gasteiger partial charge is 0.325 e. The van der Waals surface area contributed by atoms with Crippen LogP contribution in [0.3, 0.4) is 0 Å². The molecule has 2 N–H and O–H groups in total. The second kappa shape index (κ2) is 7.13. The number of carboxylic acids is 1. The van der Waals surface area contributed by atoms with Crippen molar-refractivity contribution < 1.29 is 19.1 Å². The van der Waals surface area contributed by atoms with Gasteiger partial charge in [0.2, 0.25) is 5.91 Å². The van der Waals surface area contributed by atoms with Crippen LogP contribution in [0.25, 0.3) is 0 Å². The van der Waals surface area contributed by atoms with Crippen molar-refractivity contribution in [2.75, 3.05) is 0 Å². The summed E-state index contributed by atoms with van der Waals surface area (Å²) in [5, 5.41) is 13.7. The van der Waals surface area contributed by atoms with E-state index in [0.29, 0.717) is 12.1 Å². The van der Waals surface area contributed by atoms with Crippen LogP contribution in [-0.2, 0) is 22.4 Å². The lowest BCUT2D eigenvalue weighted by molar-refractivity contribution is -0.141. The summed E-state index contributed by atoms with van der Waals surface area (Å²) in [6.07, 6.45) is 0.607. The van der Waals surface area contributed by atoms with Crippen LogP contribution in [0.5, 0.6) is 0 Å². The standard InChI is InChI=1S/C15H15FN2O3S/c1-9(15(20)21)17-13(19)7-12-8-22-14(18-12)6-10-2-4-11(16)5-3-10/h2-5,8-9H,6-7H2,1H3,(H,17,19)(H,20,21). The Morgan fingerprint density at radius 1 is 1.36 bits per heavy atom. The average Bonchev–Trinajstić information content (AvgIpc) is 2.88. The Labute approximate surface area is 130 Å². The monoisotopic (exact) mass is 322 g/mol. The maximum absolute atomic E-state index is 12.8. The molecule has 1 aromatic carbocycles. The van der Waals surface area contributed by atoms with Crippen molar-refractivity contribution in [3.63, 3.8) is 0 Å². The zero-order valence-electron chi connectivity index (χ0n) is 11.9. The van der Waals surface area contributed by atoms with E-state index in [1.54, 1.807) is 17.5 Å². The number of carbonyl (C=O) groups excluding carboxylic acids is 1.